The summed E-state index contributed by atoms with van der Waals surface area (Å²) in [6, 6.07) is 3.85. The summed E-state index contributed by atoms with van der Waals surface area (Å²) in [4.78, 5) is 23.6. The molecule has 1 saturated carbocycles. The van der Waals surface area contributed by atoms with Crippen LogP contribution in [0.25, 0.3) is 0 Å². The van der Waals surface area contributed by atoms with E-state index < -0.39 is 17.7 Å². The number of rotatable bonds is 6. The van der Waals surface area contributed by atoms with Gasteiger partial charge in [0.25, 0.3) is 0 Å². The molecule has 1 fully saturated rings. The third-order valence-corrected chi connectivity index (χ3v) is 7.18. The van der Waals surface area contributed by atoms with E-state index in [0.717, 1.165) is 17.7 Å². The molecule has 6 heteroatoms. The molecule has 0 bridgehead atoms. The fourth-order valence-electron chi connectivity index (χ4n) is 5.34. The Hall–Kier alpha value is -2.08. The quantitative estimate of drug-likeness (QED) is 0.547. The first-order valence-electron chi connectivity index (χ1n) is 11.9. The summed E-state index contributed by atoms with van der Waals surface area (Å²) < 4.78 is 5.34. The standard InChI is InChI=1S/C26H40N2O4/c1-24(2,3)32-23(31)28-20(16-29)14-19-13-18-7-6-8-26(11-9-25(4,5)10-12-26)21(18)15-22(19)27-17-30/h13,15,17,20,29H,6-12,14,16H2,1-5H3,(H,27,30)(H,28,31). The summed E-state index contributed by atoms with van der Waals surface area (Å²) >= 11 is 0. The minimum Gasteiger partial charge on any atom is -0.444 e. The first-order chi connectivity index (χ1) is 15.0. The number of ether oxygens (including phenoxy) is 1. The van der Waals surface area contributed by atoms with Crippen LogP contribution in [-0.2, 0) is 27.8 Å². The lowest BCUT2D eigenvalue weighted by molar-refractivity contribution is -0.105. The molecule has 1 spiro atoms. The summed E-state index contributed by atoms with van der Waals surface area (Å²) in [6.07, 6.45) is 8.79. The van der Waals surface area contributed by atoms with Gasteiger partial charge in [0.2, 0.25) is 6.41 Å². The lowest BCUT2D eigenvalue weighted by Crippen LogP contribution is -2.42. The van der Waals surface area contributed by atoms with Crippen molar-refractivity contribution in [1.82, 2.24) is 5.32 Å². The zero-order chi connectivity index (χ0) is 23.6. The highest BCUT2D eigenvalue weighted by molar-refractivity contribution is 5.75. The lowest BCUT2D eigenvalue weighted by Gasteiger charge is -2.47. The SMILES string of the molecule is CC1(C)CCC2(CCCc3cc(CC(CO)NC(=O)OC(C)(C)C)c(NC=O)cc32)CC1. The molecule has 3 N–H and O–H groups in total. The predicted molar refractivity (Wildman–Crippen MR) is 127 cm³/mol. The van der Waals surface area contributed by atoms with Crippen molar-refractivity contribution in [3.63, 3.8) is 0 Å². The molecule has 6 nitrogen and oxygen atoms in total. The molecule has 2 aliphatic rings. The summed E-state index contributed by atoms with van der Waals surface area (Å²) in [6.45, 7) is 9.92. The Labute approximate surface area is 192 Å². The van der Waals surface area contributed by atoms with E-state index in [1.807, 2.05) is 0 Å². The van der Waals surface area contributed by atoms with Gasteiger partial charge in [-0.3, -0.25) is 4.79 Å². The van der Waals surface area contributed by atoms with Gasteiger partial charge in [-0.1, -0.05) is 19.9 Å². The number of nitrogens with one attached hydrogen (secondary N) is 2. The third-order valence-electron chi connectivity index (χ3n) is 7.18. The van der Waals surface area contributed by atoms with Crippen molar-refractivity contribution in [3.8, 4) is 0 Å². The van der Waals surface area contributed by atoms with Gasteiger partial charge in [0.15, 0.2) is 0 Å². The van der Waals surface area contributed by atoms with E-state index in [-0.39, 0.29) is 12.0 Å². The van der Waals surface area contributed by atoms with E-state index in [1.165, 1.54) is 49.7 Å². The number of aliphatic hydroxyl groups is 1. The minimum absolute atomic E-state index is 0.200. The van der Waals surface area contributed by atoms with Crippen LogP contribution < -0.4 is 10.6 Å². The second-order valence-corrected chi connectivity index (χ2v) is 11.5. The number of aliphatic hydroxyl groups excluding tert-OH is 1. The first-order valence-corrected chi connectivity index (χ1v) is 11.9. The van der Waals surface area contributed by atoms with Gasteiger partial charge in [0.1, 0.15) is 5.60 Å². The predicted octanol–water partition coefficient (Wildman–Crippen LogP) is 4.86. The van der Waals surface area contributed by atoms with E-state index >= 15 is 0 Å². The largest absolute Gasteiger partial charge is 0.444 e. The van der Waals surface area contributed by atoms with Crippen LogP contribution in [0.15, 0.2) is 12.1 Å². The zero-order valence-corrected chi connectivity index (χ0v) is 20.3. The monoisotopic (exact) mass is 444 g/mol. The number of fused-ring (bicyclic) bond motifs is 2. The maximum atomic E-state index is 12.2. The van der Waals surface area contributed by atoms with Crippen molar-refractivity contribution >= 4 is 18.2 Å². The van der Waals surface area contributed by atoms with E-state index in [4.69, 9.17) is 4.74 Å². The Kier molecular flexibility index (Phi) is 7.23. The number of benzene rings is 1. The number of carbonyl (C=O) groups is 2. The van der Waals surface area contributed by atoms with Gasteiger partial charge in [0, 0.05) is 5.69 Å². The van der Waals surface area contributed by atoms with Crippen LogP contribution in [0.3, 0.4) is 0 Å². The third kappa shape index (κ3) is 5.83. The Morgan fingerprint density at radius 3 is 2.47 bits per heavy atom. The van der Waals surface area contributed by atoms with Crippen LogP contribution in [0.4, 0.5) is 10.5 Å². The number of aryl methyl sites for hydroxylation is 1. The van der Waals surface area contributed by atoms with Crippen LogP contribution in [0, 0.1) is 5.41 Å². The fraction of sp³-hybridized carbons (Fsp3) is 0.692. The molecule has 0 aliphatic heterocycles. The number of alkyl carbamates (subject to hydrolysis) is 1. The van der Waals surface area contributed by atoms with Crippen LogP contribution in [0.2, 0.25) is 0 Å². The second kappa shape index (κ2) is 9.42. The molecule has 3 rings (SSSR count). The number of amides is 2. The fourth-order valence-corrected chi connectivity index (χ4v) is 5.34. The molecule has 0 aromatic heterocycles. The molecule has 0 radical (unpaired) electrons. The number of anilines is 1. The van der Waals surface area contributed by atoms with Crippen LogP contribution >= 0.6 is 0 Å². The molecular formula is C26H40N2O4. The Bertz CT molecular complexity index is 831. The lowest BCUT2D eigenvalue weighted by atomic mass is 9.58. The maximum absolute atomic E-state index is 12.2. The van der Waals surface area contributed by atoms with Gasteiger partial charge >= 0.3 is 6.09 Å². The summed E-state index contributed by atoms with van der Waals surface area (Å²) in [5.74, 6) is 0. The molecule has 1 atom stereocenters. The number of hydrogen-bond donors (Lipinski definition) is 3. The second-order valence-electron chi connectivity index (χ2n) is 11.5. The Morgan fingerprint density at radius 1 is 1.19 bits per heavy atom. The maximum Gasteiger partial charge on any atom is 0.407 e. The van der Waals surface area contributed by atoms with Crippen molar-refractivity contribution in [2.75, 3.05) is 11.9 Å². The first kappa shape index (κ1) is 24.6. The van der Waals surface area contributed by atoms with Gasteiger partial charge in [-0.25, -0.2) is 4.79 Å². The zero-order valence-electron chi connectivity index (χ0n) is 20.3. The smallest absolute Gasteiger partial charge is 0.407 e. The van der Waals surface area contributed by atoms with Crippen molar-refractivity contribution in [3.05, 3.63) is 28.8 Å². The molecule has 0 heterocycles. The van der Waals surface area contributed by atoms with Crippen LogP contribution in [0.5, 0.6) is 0 Å². The summed E-state index contributed by atoms with van der Waals surface area (Å²) in [5, 5.41) is 15.5. The van der Waals surface area contributed by atoms with Gasteiger partial charge in [-0.15, -0.1) is 0 Å². The summed E-state index contributed by atoms with van der Waals surface area (Å²) in [7, 11) is 0. The normalized spacial score (nSPS) is 20.2. The molecule has 1 unspecified atom stereocenters. The van der Waals surface area contributed by atoms with E-state index in [0.29, 0.717) is 18.2 Å². The molecular weight excluding hydrogens is 404 g/mol. The van der Waals surface area contributed by atoms with Crippen molar-refractivity contribution in [2.24, 2.45) is 5.41 Å². The highest BCUT2D eigenvalue weighted by atomic mass is 16.6. The summed E-state index contributed by atoms with van der Waals surface area (Å²) in [5.41, 5.74) is 4.42. The molecule has 0 saturated heterocycles. The molecule has 178 valence electrons. The molecule has 2 aliphatic carbocycles. The molecule has 1 aromatic carbocycles. The minimum atomic E-state index is -0.608. The molecule has 1 aromatic rings. The van der Waals surface area contributed by atoms with E-state index in [2.05, 4.69) is 36.6 Å². The van der Waals surface area contributed by atoms with E-state index in [1.54, 1.807) is 20.8 Å². The van der Waals surface area contributed by atoms with E-state index in [9.17, 15) is 14.7 Å². The van der Waals surface area contributed by atoms with Crippen LogP contribution in [-0.4, -0.2) is 35.9 Å². The van der Waals surface area contributed by atoms with Gasteiger partial charge < -0.3 is 20.5 Å². The number of carbonyl (C=O) groups excluding carboxylic acids is 2. The average Bonchev–Trinajstić information content (AvgIpc) is 2.69. The highest BCUT2D eigenvalue weighted by Crippen LogP contribution is 2.52. The topological polar surface area (TPSA) is 87.7 Å². The van der Waals surface area contributed by atoms with Crippen molar-refractivity contribution in [1.29, 1.82) is 0 Å². The van der Waals surface area contributed by atoms with Gasteiger partial charge in [0.05, 0.1) is 12.6 Å². The molecule has 2 amide bonds. The Morgan fingerprint density at radius 2 is 1.88 bits per heavy atom. The van der Waals surface area contributed by atoms with Crippen LogP contribution in [0.1, 0.15) is 89.8 Å². The van der Waals surface area contributed by atoms with Gasteiger partial charge in [-0.05, 0) is 106 Å². The molecule has 32 heavy (non-hydrogen) atoms. The average molecular weight is 445 g/mol. The highest BCUT2D eigenvalue weighted by Gasteiger charge is 2.42. The number of hydrogen-bond acceptors (Lipinski definition) is 4. The van der Waals surface area contributed by atoms with Crippen molar-refractivity contribution in [2.45, 2.75) is 103 Å². The van der Waals surface area contributed by atoms with Gasteiger partial charge in [-0.2, -0.15) is 0 Å². The van der Waals surface area contributed by atoms with Crippen molar-refractivity contribution < 1.29 is 19.4 Å². The Balaban J connectivity index is 1.86.